The van der Waals surface area contributed by atoms with Gasteiger partial charge in [-0.25, -0.2) is 0 Å². The highest BCUT2D eigenvalue weighted by Gasteiger charge is 2.46. The van der Waals surface area contributed by atoms with E-state index in [2.05, 4.69) is 71.9 Å². The van der Waals surface area contributed by atoms with Crippen LogP contribution in [0.2, 0.25) is 0 Å². The monoisotopic (exact) mass is 242 g/mol. The van der Waals surface area contributed by atoms with Crippen molar-refractivity contribution in [2.75, 3.05) is 0 Å². The third-order valence-electron chi connectivity index (χ3n) is 4.64. The first kappa shape index (κ1) is 13.4. The second-order valence-electron chi connectivity index (χ2n) is 6.52. The van der Waals surface area contributed by atoms with Crippen molar-refractivity contribution in [3.63, 3.8) is 0 Å². The van der Waals surface area contributed by atoms with E-state index >= 15 is 0 Å². The smallest absolute Gasteiger partial charge is 0.0219 e. The zero-order valence-electron chi connectivity index (χ0n) is 12.6. The average molecular weight is 242 g/mol. The van der Waals surface area contributed by atoms with Gasteiger partial charge in [0, 0.05) is 5.41 Å². The second kappa shape index (κ2) is 4.57. The molecule has 0 radical (unpaired) electrons. The van der Waals surface area contributed by atoms with Crippen molar-refractivity contribution in [1.29, 1.82) is 0 Å². The van der Waals surface area contributed by atoms with Crippen LogP contribution in [0.25, 0.3) is 6.08 Å². The number of allylic oxidation sites excluding steroid dienone is 1. The van der Waals surface area contributed by atoms with Gasteiger partial charge < -0.3 is 0 Å². The summed E-state index contributed by atoms with van der Waals surface area (Å²) in [6.07, 6.45) is 2.44. The molecule has 0 saturated heterocycles. The van der Waals surface area contributed by atoms with Gasteiger partial charge in [0.25, 0.3) is 0 Å². The van der Waals surface area contributed by atoms with Crippen molar-refractivity contribution in [2.45, 2.75) is 47.0 Å². The average Bonchev–Trinajstić information content (AvgIpc) is 2.64. The molecule has 0 unspecified atom stereocenters. The van der Waals surface area contributed by atoms with Crippen LogP contribution in [0.15, 0.2) is 29.8 Å². The van der Waals surface area contributed by atoms with E-state index in [9.17, 15) is 0 Å². The summed E-state index contributed by atoms with van der Waals surface area (Å²) in [6, 6.07) is 8.95. The van der Waals surface area contributed by atoms with Crippen LogP contribution in [-0.4, -0.2) is 0 Å². The summed E-state index contributed by atoms with van der Waals surface area (Å²) in [6.45, 7) is 14.2. The molecule has 0 bridgehead atoms. The van der Waals surface area contributed by atoms with Gasteiger partial charge in [-0.05, 0) is 28.9 Å². The van der Waals surface area contributed by atoms with Crippen molar-refractivity contribution >= 4 is 6.08 Å². The van der Waals surface area contributed by atoms with E-state index in [0.717, 1.165) is 0 Å². The minimum atomic E-state index is 0.227. The Kier molecular flexibility index (Phi) is 3.40. The maximum atomic E-state index is 2.44. The molecule has 18 heavy (non-hydrogen) atoms. The zero-order valence-corrected chi connectivity index (χ0v) is 12.6. The fourth-order valence-corrected chi connectivity index (χ4v) is 4.04. The van der Waals surface area contributed by atoms with Crippen molar-refractivity contribution in [3.05, 3.63) is 41.0 Å². The molecular formula is C18H26. The van der Waals surface area contributed by atoms with E-state index in [1.54, 1.807) is 11.1 Å². The Balaban J connectivity index is 2.71. The van der Waals surface area contributed by atoms with Gasteiger partial charge in [0.2, 0.25) is 0 Å². The lowest BCUT2D eigenvalue weighted by molar-refractivity contribution is 0.256. The lowest BCUT2D eigenvalue weighted by Gasteiger charge is -2.43. The van der Waals surface area contributed by atoms with Crippen molar-refractivity contribution < 1.29 is 0 Å². The Morgan fingerprint density at radius 2 is 1.39 bits per heavy atom. The Morgan fingerprint density at radius 3 is 1.89 bits per heavy atom. The molecule has 0 amide bonds. The maximum absolute atomic E-state index is 2.44. The Labute approximate surface area is 112 Å². The molecule has 0 nitrogen and oxygen atoms in total. The van der Waals surface area contributed by atoms with E-state index in [0.29, 0.717) is 17.8 Å². The molecule has 1 aliphatic carbocycles. The molecule has 1 aliphatic rings. The third-order valence-corrected chi connectivity index (χ3v) is 4.64. The SMILES string of the molecule is CC(C)C1=Cc2ccccc2C1(C(C)C)C(C)C. The highest BCUT2D eigenvalue weighted by Crippen LogP contribution is 2.53. The van der Waals surface area contributed by atoms with E-state index in [4.69, 9.17) is 0 Å². The summed E-state index contributed by atoms with van der Waals surface area (Å²) in [5.74, 6) is 1.88. The second-order valence-corrected chi connectivity index (χ2v) is 6.52. The number of hydrogen-bond donors (Lipinski definition) is 0. The van der Waals surface area contributed by atoms with E-state index in [1.807, 2.05) is 0 Å². The quantitative estimate of drug-likeness (QED) is 0.675. The van der Waals surface area contributed by atoms with Crippen LogP contribution in [0.4, 0.5) is 0 Å². The number of benzene rings is 1. The third kappa shape index (κ3) is 1.66. The van der Waals surface area contributed by atoms with Crippen molar-refractivity contribution in [3.8, 4) is 0 Å². The Hall–Kier alpha value is -1.04. The predicted molar refractivity (Wildman–Crippen MR) is 80.6 cm³/mol. The highest BCUT2D eigenvalue weighted by molar-refractivity contribution is 5.70. The summed E-state index contributed by atoms with van der Waals surface area (Å²) < 4.78 is 0. The van der Waals surface area contributed by atoms with Gasteiger partial charge in [0.1, 0.15) is 0 Å². The summed E-state index contributed by atoms with van der Waals surface area (Å²) in [5.41, 5.74) is 4.82. The minimum absolute atomic E-state index is 0.227. The first-order valence-corrected chi connectivity index (χ1v) is 7.23. The van der Waals surface area contributed by atoms with Crippen LogP contribution in [0, 0.1) is 17.8 Å². The van der Waals surface area contributed by atoms with E-state index in [1.165, 1.54) is 5.56 Å². The van der Waals surface area contributed by atoms with Gasteiger partial charge in [-0.1, -0.05) is 77.5 Å². The van der Waals surface area contributed by atoms with Crippen LogP contribution < -0.4 is 0 Å². The van der Waals surface area contributed by atoms with Crippen LogP contribution >= 0.6 is 0 Å². The molecule has 1 aromatic carbocycles. The number of hydrogen-bond acceptors (Lipinski definition) is 0. The number of rotatable bonds is 3. The summed E-state index contributed by atoms with van der Waals surface area (Å²) in [4.78, 5) is 0. The summed E-state index contributed by atoms with van der Waals surface area (Å²) >= 11 is 0. The molecule has 0 spiro atoms. The normalized spacial score (nSPS) is 17.5. The van der Waals surface area contributed by atoms with Gasteiger partial charge in [0.05, 0.1) is 0 Å². The zero-order chi connectivity index (χ0) is 13.5. The Bertz CT molecular complexity index is 453. The molecule has 1 aromatic rings. The van der Waals surface area contributed by atoms with Crippen LogP contribution in [0.1, 0.15) is 52.7 Å². The fraction of sp³-hybridized carbons (Fsp3) is 0.556. The maximum Gasteiger partial charge on any atom is 0.0219 e. The fourth-order valence-electron chi connectivity index (χ4n) is 4.04. The predicted octanol–water partition coefficient (Wildman–Crippen LogP) is 5.29. The minimum Gasteiger partial charge on any atom is -0.0619 e. The van der Waals surface area contributed by atoms with Gasteiger partial charge in [-0.3, -0.25) is 0 Å². The molecule has 2 rings (SSSR count). The molecule has 0 heterocycles. The molecule has 98 valence electrons. The summed E-state index contributed by atoms with van der Waals surface area (Å²) in [7, 11) is 0. The van der Waals surface area contributed by atoms with Crippen molar-refractivity contribution in [1.82, 2.24) is 0 Å². The molecule has 0 aliphatic heterocycles. The van der Waals surface area contributed by atoms with Gasteiger partial charge in [-0.2, -0.15) is 0 Å². The molecular weight excluding hydrogens is 216 g/mol. The lowest BCUT2D eigenvalue weighted by Crippen LogP contribution is -2.39. The standard InChI is InChI=1S/C18H26/c1-12(2)17-11-15-9-7-8-10-16(15)18(17,13(3)4)14(5)6/h7-14H,1-6H3. The molecule has 0 fully saturated rings. The topological polar surface area (TPSA) is 0 Å². The Morgan fingerprint density at radius 1 is 0.833 bits per heavy atom. The molecule has 0 N–H and O–H groups in total. The largest absolute Gasteiger partial charge is 0.0619 e. The van der Waals surface area contributed by atoms with E-state index < -0.39 is 0 Å². The van der Waals surface area contributed by atoms with Gasteiger partial charge >= 0.3 is 0 Å². The van der Waals surface area contributed by atoms with Gasteiger partial charge in [-0.15, -0.1) is 0 Å². The van der Waals surface area contributed by atoms with Crippen molar-refractivity contribution in [2.24, 2.45) is 17.8 Å². The molecule has 0 saturated carbocycles. The first-order chi connectivity index (χ1) is 8.42. The van der Waals surface area contributed by atoms with E-state index in [-0.39, 0.29) is 5.41 Å². The lowest BCUT2D eigenvalue weighted by atomic mass is 9.60. The molecule has 0 atom stereocenters. The molecule has 0 aromatic heterocycles. The van der Waals surface area contributed by atoms with Crippen LogP contribution in [0.3, 0.4) is 0 Å². The van der Waals surface area contributed by atoms with Crippen LogP contribution in [0.5, 0.6) is 0 Å². The first-order valence-electron chi connectivity index (χ1n) is 7.23. The van der Waals surface area contributed by atoms with Crippen LogP contribution in [-0.2, 0) is 5.41 Å². The highest BCUT2D eigenvalue weighted by atomic mass is 14.5. The summed E-state index contributed by atoms with van der Waals surface area (Å²) in [5, 5.41) is 0. The molecule has 0 heteroatoms. The number of fused-ring (bicyclic) bond motifs is 1. The van der Waals surface area contributed by atoms with Gasteiger partial charge in [0.15, 0.2) is 0 Å².